The summed E-state index contributed by atoms with van der Waals surface area (Å²) in [6.45, 7) is 0.913. The Balaban J connectivity index is 2.28. The molecule has 0 aromatic heterocycles. The smallest absolute Gasteiger partial charge is 0.314 e. The van der Waals surface area contributed by atoms with E-state index in [1.807, 2.05) is 0 Å². The van der Waals surface area contributed by atoms with Crippen LogP contribution in [-0.4, -0.2) is 30.2 Å². The van der Waals surface area contributed by atoms with Crippen molar-refractivity contribution in [3.05, 3.63) is 0 Å². The quantitative estimate of drug-likeness (QED) is 0.501. The number of rotatable bonds is 2. The van der Waals surface area contributed by atoms with E-state index in [-0.39, 0.29) is 18.4 Å². The molecule has 0 aromatic rings. The van der Waals surface area contributed by atoms with Gasteiger partial charge in [0.2, 0.25) is 0 Å². The Labute approximate surface area is 63.8 Å². The SMILES string of the molecule is O=C(O)CC1CNC(=O)NC1. The van der Waals surface area contributed by atoms with E-state index >= 15 is 0 Å². The molecule has 0 atom stereocenters. The van der Waals surface area contributed by atoms with Crippen LogP contribution in [0, 0.1) is 5.92 Å². The van der Waals surface area contributed by atoms with Gasteiger partial charge < -0.3 is 15.7 Å². The molecule has 1 rings (SSSR count). The maximum absolute atomic E-state index is 10.5. The lowest BCUT2D eigenvalue weighted by atomic mass is 10.0. The highest BCUT2D eigenvalue weighted by Gasteiger charge is 2.18. The van der Waals surface area contributed by atoms with Gasteiger partial charge in [0.1, 0.15) is 0 Å². The lowest BCUT2D eigenvalue weighted by Gasteiger charge is -2.21. The van der Waals surface area contributed by atoms with Crippen LogP contribution >= 0.6 is 0 Å². The minimum Gasteiger partial charge on any atom is -0.481 e. The fraction of sp³-hybridized carbons (Fsp3) is 0.667. The lowest BCUT2D eigenvalue weighted by Crippen LogP contribution is -2.48. The highest BCUT2D eigenvalue weighted by molar-refractivity contribution is 5.75. The monoisotopic (exact) mass is 158 g/mol. The summed E-state index contributed by atoms with van der Waals surface area (Å²) < 4.78 is 0. The summed E-state index contributed by atoms with van der Waals surface area (Å²) in [5, 5.41) is 13.4. The van der Waals surface area contributed by atoms with E-state index in [1.165, 1.54) is 0 Å². The van der Waals surface area contributed by atoms with Crippen LogP contribution in [0.25, 0.3) is 0 Å². The van der Waals surface area contributed by atoms with Crippen molar-refractivity contribution in [2.45, 2.75) is 6.42 Å². The molecule has 2 amide bonds. The molecule has 1 saturated heterocycles. The molecule has 62 valence electrons. The van der Waals surface area contributed by atoms with Crippen LogP contribution in [0.3, 0.4) is 0 Å². The molecule has 1 aliphatic heterocycles. The Morgan fingerprint density at radius 3 is 2.55 bits per heavy atom. The molecule has 11 heavy (non-hydrogen) atoms. The maximum Gasteiger partial charge on any atom is 0.314 e. The van der Waals surface area contributed by atoms with Crippen LogP contribution < -0.4 is 10.6 Å². The Morgan fingerprint density at radius 2 is 2.09 bits per heavy atom. The lowest BCUT2D eigenvalue weighted by molar-refractivity contribution is -0.138. The minimum absolute atomic E-state index is 0.0187. The minimum atomic E-state index is -0.826. The van der Waals surface area contributed by atoms with Crippen LogP contribution in [0.1, 0.15) is 6.42 Å². The molecular weight excluding hydrogens is 148 g/mol. The first-order valence-electron chi connectivity index (χ1n) is 3.42. The standard InChI is InChI=1S/C6H10N2O3/c9-5(10)1-4-2-7-6(11)8-3-4/h4H,1-3H2,(H,9,10)(H2,7,8,11). The summed E-state index contributed by atoms with van der Waals surface area (Å²) in [6.07, 6.45) is 0.104. The molecule has 0 aliphatic carbocycles. The molecule has 0 unspecified atom stereocenters. The number of hydrogen-bond donors (Lipinski definition) is 3. The molecule has 5 heteroatoms. The second-order valence-corrected chi connectivity index (χ2v) is 2.55. The average molecular weight is 158 g/mol. The van der Waals surface area contributed by atoms with Gasteiger partial charge in [0, 0.05) is 19.0 Å². The van der Waals surface area contributed by atoms with Gasteiger partial charge in [-0.15, -0.1) is 0 Å². The van der Waals surface area contributed by atoms with Crippen LogP contribution in [0.2, 0.25) is 0 Å². The van der Waals surface area contributed by atoms with E-state index in [9.17, 15) is 9.59 Å². The van der Waals surface area contributed by atoms with Crippen LogP contribution in [0.15, 0.2) is 0 Å². The predicted octanol–water partition coefficient (Wildman–Crippen LogP) is -0.610. The van der Waals surface area contributed by atoms with Crippen molar-refractivity contribution in [3.63, 3.8) is 0 Å². The summed E-state index contributed by atoms with van der Waals surface area (Å²) in [5.74, 6) is -0.807. The van der Waals surface area contributed by atoms with E-state index in [0.29, 0.717) is 13.1 Å². The Hall–Kier alpha value is -1.26. The first-order valence-corrected chi connectivity index (χ1v) is 3.42. The molecule has 0 bridgehead atoms. The summed E-state index contributed by atoms with van der Waals surface area (Å²) in [5.41, 5.74) is 0. The molecule has 1 aliphatic rings. The van der Waals surface area contributed by atoms with Crippen LogP contribution in [0.5, 0.6) is 0 Å². The summed E-state index contributed by atoms with van der Waals surface area (Å²) in [6, 6.07) is -0.216. The van der Waals surface area contributed by atoms with E-state index < -0.39 is 5.97 Å². The van der Waals surface area contributed by atoms with Gasteiger partial charge in [-0.3, -0.25) is 4.79 Å². The summed E-state index contributed by atoms with van der Waals surface area (Å²) >= 11 is 0. The van der Waals surface area contributed by atoms with E-state index in [4.69, 9.17) is 5.11 Å². The third-order valence-electron chi connectivity index (χ3n) is 1.57. The number of urea groups is 1. The molecule has 0 aromatic carbocycles. The van der Waals surface area contributed by atoms with Gasteiger partial charge in [0.05, 0.1) is 6.42 Å². The molecule has 1 fully saturated rings. The topological polar surface area (TPSA) is 78.4 Å². The zero-order valence-electron chi connectivity index (χ0n) is 5.96. The number of carboxylic acids is 1. The zero-order valence-corrected chi connectivity index (χ0v) is 5.96. The molecule has 0 saturated carbocycles. The number of nitrogens with one attached hydrogen (secondary N) is 2. The average Bonchev–Trinajstić information content (AvgIpc) is 1.93. The van der Waals surface area contributed by atoms with Gasteiger partial charge >= 0.3 is 12.0 Å². The van der Waals surface area contributed by atoms with Gasteiger partial charge in [-0.25, -0.2) is 4.79 Å². The van der Waals surface area contributed by atoms with E-state index in [0.717, 1.165) is 0 Å². The number of aliphatic carboxylic acids is 1. The van der Waals surface area contributed by atoms with Crippen molar-refractivity contribution < 1.29 is 14.7 Å². The van der Waals surface area contributed by atoms with E-state index in [2.05, 4.69) is 10.6 Å². The highest BCUT2D eigenvalue weighted by atomic mass is 16.4. The third-order valence-corrected chi connectivity index (χ3v) is 1.57. The zero-order chi connectivity index (χ0) is 8.27. The number of carbonyl (C=O) groups excluding carboxylic acids is 1. The van der Waals surface area contributed by atoms with Gasteiger partial charge in [0.25, 0.3) is 0 Å². The first kappa shape index (κ1) is 7.84. The maximum atomic E-state index is 10.5. The number of amides is 2. The molecule has 0 spiro atoms. The second-order valence-electron chi connectivity index (χ2n) is 2.55. The van der Waals surface area contributed by atoms with Crippen LogP contribution in [0.4, 0.5) is 4.79 Å². The second kappa shape index (κ2) is 3.23. The Kier molecular flexibility index (Phi) is 2.30. The molecule has 3 N–H and O–H groups in total. The fourth-order valence-electron chi connectivity index (χ4n) is 1.00. The summed E-state index contributed by atoms with van der Waals surface area (Å²) in [7, 11) is 0. The van der Waals surface area contributed by atoms with Crippen molar-refractivity contribution in [3.8, 4) is 0 Å². The van der Waals surface area contributed by atoms with Crippen molar-refractivity contribution in [1.29, 1.82) is 0 Å². The van der Waals surface area contributed by atoms with Crippen molar-refractivity contribution in [2.75, 3.05) is 13.1 Å². The number of carboxylic acid groups (broad SMARTS) is 1. The predicted molar refractivity (Wildman–Crippen MR) is 37.1 cm³/mol. The van der Waals surface area contributed by atoms with Gasteiger partial charge in [-0.05, 0) is 0 Å². The Morgan fingerprint density at radius 1 is 1.55 bits per heavy atom. The van der Waals surface area contributed by atoms with Crippen molar-refractivity contribution >= 4 is 12.0 Å². The summed E-state index contributed by atoms with van der Waals surface area (Å²) in [4.78, 5) is 20.7. The van der Waals surface area contributed by atoms with Crippen LogP contribution in [-0.2, 0) is 4.79 Å². The molecular formula is C6H10N2O3. The Bertz CT molecular complexity index is 171. The van der Waals surface area contributed by atoms with Crippen molar-refractivity contribution in [1.82, 2.24) is 10.6 Å². The fourth-order valence-corrected chi connectivity index (χ4v) is 1.00. The van der Waals surface area contributed by atoms with Gasteiger partial charge in [-0.2, -0.15) is 0 Å². The largest absolute Gasteiger partial charge is 0.481 e. The first-order chi connectivity index (χ1) is 5.18. The highest BCUT2D eigenvalue weighted by Crippen LogP contribution is 2.02. The molecule has 0 radical (unpaired) electrons. The number of hydrogen-bond acceptors (Lipinski definition) is 2. The van der Waals surface area contributed by atoms with E-state index in [1.54, 1.807) is 0 Å². The van der Waals surface area contributed by atoms with Crippen molar-refractivity contribution in [2.24, 2.45) is 5.92 Å². The molecule has 1 heterocycles. The molecule has 5 nitrogen and oxygen atoms in total. The van der Waals surface area contributed by atoms with Gasteiger partial charge in [0.15, 0.2) is 0 Å². The number of carbonyl (C=O) groups is 2. The normalized spacial score (nSPS) is 18.7. The third kappa shape index (κ3) is 2.45. The van der Waals surface area contributed by atoms with Gasteiger partial charge in [-0.1, -0.05) is 0 Å².